The van der Waals surface area contributed by atoms with Gasteiger partial charge < -0.3 is 5.32 Å². The summed E-state index contributed by atoms with van der Waals surface area (Å²) in [5.41, 5.74) is 1.12. The Bertz CT molecular complexity index is 732. The SMILES string of the molecule is O=C(CN(Cc1ccc(F)cc1)C1CC1)Nc1ccc(Br)cc1F. The Hall–Kier alpha value is -1.79. The van der Waals surface area contributed by atoms with Gasteiger partial charge in [0.15, 0.2) is 0 Å². The zero-order valence-electron chi connectivity index (χ0n) is 12.9. The summed E-state index contributed by atoms with van der Waals surface area (Å²) in [4.78, 5) is 14.3. The van der Waals surface area contributed by atoms with Crippen LogP contribution in [0.5, 0.6) is 0 Å². The maximum Gasteiger partial charge on any atom is 0.238 e. The molecule has 2 aromatic rings. The standard InChI is InChI=1S/C18H17BrF2N2O/c19-13-3-8-17(16(21)9-13)22-18(24)11-23(15-6-7-15)10-12-1-4-14(20)5-2-12/h1-5,8-9,15H,6-7,10-11H2,(H,22,24). The number of anilines is 1. The minimum absolute atomic E-state index is 0.167. The van der Waals surface area contributed by atoms with E-state index in [4.69, 9.17) is 0 Å². The molecule has 3 rings (SSSR count). The van der Waals surface area contributed by atoms with Crippen molar-refractivity contribution >= 4 is 27.5 Å². The van der Waals surface area contributed by atoms with Gasteiger partial charge in [-0.1, -0.05) is 28.1 Å². The zero-order chi connectivity index (χ0) is 17.1. The second-order valence-electron chi connectivity index (χ2n) is 5.93. The van der Waals surface area contributed by atoms with E-state index in [1.54, 1.807) is 18.2 Å². The first kappa shape index (κ1) is 17.0. The van der Waals surface area contributed by atoms with Crippen LogP contribution < -0.4 is 5.32 Å². The number of rotatable bonds is 6. The van der Waals surface area contributed by atoms with Gasteiger partial charge in [0.05, 0.1) is 12.2 Å². The molecule has 2 aromatic carbocycles. The Morgan fingerprint density at radius 3 is 2.50 bits per heavy atom. The van der Waals surface area contributed by atoms with Crippen molar-refractivity contribution in [1.29, 1.82) is 0 Å². The van der Waals surface area contributed by atoms with Crippen LogP contribution >= 0.6 is 15.9 Å². The summed E-state index contributed by atoms with van der Waals surface area (Å²) in [5, 5.41) is 2.61. The molecule has 0 spiro atoms. The third-order valence-corrected chi connectivity index (χ3v) is 4.41. The van der Waals surface area contributed by atoms with Crippen LogP contribution in [0, 0.1) is 11.6 Å². The Morgan fingerprint density at radius 2 is 1.88 bits per heavy atom. The molecule has 24 heavy (non-hydrogen) atoms. The van der Waals surface area contributed by atoms with Crippen molar-refractivity contribution in [3.8, 4) is 0 Å². The number of carbonyl (C=O) groups excluding carboxylic acids is 1. The van der Waals surface area contributed by atoms with Crippen molar-refractivity contribution in [2.24, 2.45) is 0 Å². The molecule has 0 aliphatic heterocycles. The molecule has 3 nitrogen and oxygen atoms in total. The van der Waals surface area contributed by atoms with Crippen molar-refractivity contribution < 1.29 is 13.6 Å². The van der Waals surface area contributed by atoms with Gasteiger partial charge in [-0.15, -0.1) is 0 Å². The van der Waals surface area contributed by atoms with Crippen LogP contribution in [0.2, 0.25) is 0 Å². The second-order valence-corrected chi connectivity index (χ2v) is 6.85. The average Bonchev–Trinajstić information content (AvgIpc) is 3.36. The van der Waals surface area contributed by atoms with E-state index in [1.165, 1.54) is 24.3 Å². The lowest BCUT2D eigenvalue weighted by Gasteiger charge is -2.21. The van der Waals surface area contributed by atoms with Crippen LogP contribution in [0.3, 0.4) is 0 Å². The summed E-state index contributed by atoms with van der Waals surface area (Å²) in [6.07, 6.45) is 2.09. The fraction of sp³-hybridized carbons (Fsp3) is 0.278. The lowest BCUT2D eigenvalue weighted by molar-refractivity contribution is -0.117. The molecule has 1 aliphatic carbocycles. The van der Waals surface area contributed by atoms with Crippen LogP contribution in [-0.2, 0) is 11.3 Å². The third-order valence-electron chi connectivity index (χ3n) is 3.91. The number of halogens is 3. The molecule has 126 valence electrons. The van der Waals surface area contributed by atoms with Gasteiger partial charge in [0.25, 0.3) is 0 Å². The van der Waals surface area contributed by atoms with Crippen LogP contribution in [0.4, 0.5) is 14.5 Å². The molecule has 0 atom stereocenters. The maximum atomic E-state index is 13.8. The van der Waals surface area contributed by atoms with E-state index in [-0.39, 0.29) is 24.0 Å². The molecule has 1 amide bonds. The topological polar surface area (TPSA) is 32.3 Å². The third kappa shape index (κ3) is 4.61. The Balaban J connectivity index is 1.62. The Kier molecular flexibility index (Phi) is 5.26. The molecule has 1 saturated carbocycles. The number of nitrogens with zero attached hydrogens (tertiary/aromatic N) is 1. The van der Waals surface area contributed by atoms with Gasteiger partial charge in [0.1, 0.15) is 11.6 Å². The number of nitrogens with one attached hydrogen (secondary N) is 1. The largest absolute Gasteiger partial charge is 0.322 e. The van der Waals surface area contributed by atoms with Crippen molar-refractivity contribution in [2.75, 3.05) is 11.9 Å². The van der Waals surface area contributed by atoms with Crippen molar-refractivity contribution in [3.05, 3.63) is 64.1 Å². The number of hydrogen-bond donors (Lipinski definition) is 1. The first-order chi connectivity index (χ1) is 11.5. The van der Waals surface area contributed by atoms with E-state index in [2.05, 4.69) is 21.2 Å². The molecule has 1 fully saturated rings. The van der Waals surface area contributed by atoms with Crippen LogP contribution in [0.25, 0.3) is 0 Å². The Labute approximate surface area is 147 Å². The van der Waals surface area contributed by atoms with E-state index >= 15 is 0 Å². The van der Waals surface area contributed by atoms with Gasteiger partial charge in [-0.25, -0.2) is 8.78 Å². The maximum absolute atomic E-state index is 13.8. The van der Waals surface area contributed by atoms with E-state index in [9.17, 15) is 13.6 Å². The second kappa shape index (κ2) is 7.40. The van der Waals surface area contributed by atoms with Crippen LogP contribution in [-0.4, -0.2) is 23.4 Å². The number of amides is 1. The number of carbonyl (C=O) groups is 1. The van der Waals surface area contributed by atoms with Crippen LogP contribution in [0.1, 0.15) is 18.4 Å². The van der Waals surface area contributed by atoms with E-state index in [0.717, 1.165) is 18.4 Å². The molecule has 1 aliphatic rings. The summed E-state index contributed by atoms with van der Waals surface area (Å²) in [6.45, 7) is 0.749. The van der Waals surface area contributed by atoms with Gasteiger partial charge in [-0.05, 0) is 48.7 Å². The number of hydrogen-bond acceptors (Lipinski definition) is 2. The molecule has 0 bridgehead atoms. The summed E-state index contributed by atoms with van der Waals surface area (Å²) < 4.78 is 27.4. The molecule has 1 N–H and O–H groups in total. The molecule has 0 radical (unpaired) electrons. The van der Waals surface area contributed by atoms with Gasteiger partial charge in [0, 0.05) is 17.1 Å². The summed E-state index contributed by atoms with van der Waals surface area (Å²) in [6, 6.07) is 11.1. The minimum atomic E-state index is -0.478. The fourth-order valence-electron chi connectivity index (χ4n) is 2.54. The molecular weight excluding hydrogens is 378 g/mol. The first-order valence-corrected chi connectivity index (χ1v) is 8.54. The van der Waals surface area contributed by atoms with E-state index in [1.807, 2.05) is 4.90 Å². The van der Waals surface area contributed by atoms with Gasteiger partial charge in [0.2, 0.25) is 5.91 Å². The molecule has 0 unspecified atom stereocenters. The highest BCUT2D eigenvalue weighted by Gasteiger charge is 2.30. The van der Waals surface area contributed by atoms with Gasteiger partial charge in [-0.3, -0.25) is 9.69 Å². The molecule has 0 saturated heterocycles. The lowest BCUT2D eigenvalue weighted by Crippen LogP contribution is -2.34. The van der Waals surface area contributed by atoms with Gasteiger partial charge >= 0.3 is 0 Å². The summed E-state index contributed by atoms with van der Waals surface area (Å²) >= 11 is 3.18. The van der Waals surface area contributed by atoms with Crippen molar-refractivity contribution in [1.82, 2.24) is 4.90 Å². The smallest absolute Gasteiger partial charge is 0.238 e. The summed E-state index contributed by atoms with van der Waals surface area (Å²) in [7, 11) is 0. The monoisotopic (exact) mass is 394 g/mol. The van der Waals surface area contributed by atoms with Crippen molar-refractivity contribution in [2.45, 2.75) is 25.4 Å². The highest BCUT2D eigenvalue weighted by Crippen LogP contribution is 2.28. The highest BCUT2D eigenvalue weighted by molar-refractivity contribution is 9.10. The van der Waals surface area contributed by atoms with Crippen molar-refractivity contribution in [3.63, 3.8) is 0 Å². The quantitative estimate of drug-likeness (QED) is 0.790. The molecular formula is C18H17BrF2N2O. The first-order valence-electron chi connectivity index (χ1n) is 7.74. The molecule has 0 aromatic heterocycles. The Morgan fingerprint density at radius 1 is 1.17 bits per heavy atom. The summed E-state index contributed by atoms with van der Waals surface area (Å²) in [5.74, 6) is -1.01. The minimum Gasteiger partial charge on any atom is -0.322 e. The fourth-order valence-corrected chi connectivity index (χ4v) is 2.88. The van der Waals surface area contributed by atoms with Gasteiger partial charge in [-0.2, -0.15) is 0 Å². The lowest BCUT2D eigenvalue weighted by atomic mass is 10.2. The average molecular weight is 395 g/mol. The molecule has 6 heteroatoms. The van der Waals surface area contributed by atoms with Crippen LogP contribution in [0.15, 0.2) is 46.9 Å². The molecule has 0 heterocycles. The predicted octanol–water partition coefficient (Wildman–Crippen LogP) is 4.33. The predicted molar refractivity (Wildman–Crippen MR) is 92.6 cm³/mol. The zero-order valence-corrected chi connectivity index (χ0v) is 14.5. The normalized spacial score (nSPS) is 14.0. The van der Waals surface area contributed by atoms with E-state index in [0.29, 0.717) is 17.1 Å². The number of benzene rings is 2. The highest BCUT2D eigenvalue weighted by atomic mass is 79.9. The van der Waals surface area contributed by atoms with E-state index < -0.39 is 5.82 Å².